The zero-order valence-corrected chi connectivity index (χ0v) is 10.5. The fraction of sp³-hybridized carbons (Fsp3) is 0.700. The van der Waals surface area contributed by atoms with Crippen LogP contribution in [0.2, 0.25) is 0 Å². The summed E-state index contributed by atoms with van der Waals surface area (Å²) >= 11 is 0. The molecule has 0 saturated carbocycles. The van der Waals surface area contributed by atoms with Crippen molar-refractivity contribution >= 4 is 10.0 Å². The molecule has 2 N–H and O–H groups in total. The van der Waals surface area contributed by atoms with E-state index >= 15 is 0 Å². The van der Waals surface area contributed by atoms with Crippen molar-refractivity contribution < 1.29 is 8.42 Å². The summed E-state index contributed by atoms with van der Waals surface area (Å²) in [7, 11) is -3.37. The molecule has 0 unspecified atom stereocenters. The molecule has 1 aromatic heterocycles. The molecule has 2 saturated heterocycles. The van der Waals surface area contributed by atoms with Crippen molar-refractivity contribution in [1.82, 2.24) is 19.6 Å². The van der Waals surface area contributed by atoms with Crippen molar-refractivity contribution in [2.45, 2.75) is 11.9 Å². The van der Waals surface area contributed by atoms with Crippen LogP contribution in [0.4, 0.5) is 0 Å². The number of sulfonamides is 1. The molecule has 2 aliphatic heterocycles. The van der Waals surface area contributed by atoms with Crippen molar-refractivity contribution in [1.29, 1.82) is 0 Å². The van der Waals surface area contributed by atoms with Gasteiger partial charge in [-0.3, -0.25) is 0 Å². The van der Waals surface area contributed by atoms with E-state index in [0.29, 0.717) is 30.7 Å². The third-order valence-electron chi connectivity index (χ3n) is 3.65. The minimum atomic E-state index is -3.37. The van der Waals surface area contributed by atoms with Gasteiger partial charge in [0.25, 0.3) is 10.0 Å². The Morgan fingerprint density at radius 3 is 2.53 bits per heavy atom. The number of fused-ring (bicyclic) bond motifs is 1. The highest BCUT2D eigenvalue weighted by molar-refractivity contribution is 7.89. The lowest BCUT2D eigenvalue weighted by atomic mass is 10.0. The van der Waals surface area contributed by atoms with Gasteiger partial charge >= 0.3 is 0 Å². The quantitative estimate of drug-likeness (QED) is 0.752. The molecule has 2 fully saturated rings. The number of hydrogen-bond donors (Lipinski definition) is 2. The molecule has 0 aromatic carbocycles. The van der Waals surface area contributed by atoms with Gasteiger partial charge in [-0.15, -0.1) is 0 Å². The van der Waals surface area contributed by atoms with E-state index in [1.807, 2.05) is 0 Å². The number of aromatic nitrogens is 2. The van der Waals surface area contributed by atoms with Crippen molar-refractivity contribution in [3.05, 3.63) is 12.0 Å². The molecule has 2 aliphatic rings. The summed E-state index contributed by atoms with van der Waals surface area (Å²) in [5, 5.41) is 3.51. The summed E-state index contributed by atoms with van der Waals surface area (Å²) in [5.74, 6) is 1.56. The monoisotopic (exact) mass is 256 g/mol. The third-order valence-corrected chi connectivity index (χ3v) is 5.39. The summed E-state index contributed by atoms with van der Waals surface area (Å²) in [6.45, 7) is 4.86. The molecular weight excluding hydrogens is 240 g/mol. The minimum Gasteiger partial charge on any atom is -0.332 e. The van der Waals surface area contributed by atoms with Crippen LogP contribution in [0.15, 0.2) is 11.2 Å². The Balaban J connectivity index is 1.85. The number of hydrogen-bond acceptors (Lipinski definition) is 4. The van der Waals surface area contributed by atoms with Crippen LogP contribution in [-0.4, -0.2) is 48.9 Å². The van der Waals surface area contributed by atoms with Crippen LogP contribution in [0.5, 0.6) is 0 Å². The fourth-order valence-electron chi connectivity index (χ4n) is 2.68. The van der Waals surface area contributed by atoms with Crippen LogP contribution in [0.25, 0.3) is 0 Å². The molecule has 94 valence electrons. The lowest BCUT2D eigenvalue weighted by Crippen LogP contribution is -2.32. The van der Waals surface area contributed by atoms with Crippen LogP contribution in [0.3, 0.4) is 0 Å². The van der Waals surface area contributed by atoms with Gasteiger partial charge in [0.2, 0.25) is 0 Å². The molecule has 7 heteroatoms. The number of nitrogens with one attached hydrogen (secondary N) is 2. The van der Waals surface area contributed by atoms with E-state index in [1.54, 1.807) is 11.2 Å². The van der Waals surface area contributed by atoms with Gasteiger partial charge in [0, 0.05) is 13.1 Å². The normalized spacial score (nSPS) is 29.7. The second kappa shape index (κ2) is 3.79. The van der Waals surface area contributed by atoms with Gasteiger partial charge in [0.05, 0.1) is 6.20 Å². The average Bonchev–Trinajstić information content (AvgIpc) is 2.89. The number of imidazole rings is 1. The molecule has 0 radical (unpaired) electrons. The maximum Gasteiger partial charge on any atom is 0.260 e. The van der Waals surface area contributed by atoms with Crippen LogP contribution in [0, 0.1) is 18.8 Å². The highest BCUT2D eigenvalue weighted by atomic mass is 32.2. The van der Waals surface area contributed by atoms with Crippen LogP contribution >= 0.6 is 0 Å². The van der Waals surface area contributed by atoms with Crippen molar-refractivity contribution in [3.63, 3.8) is 0 Å². The summed E-state index contributed by atoms with van der Waals surface area (Å²) in [4.78, 5) is 6.76. The predicted octanol–water partition coefficient (Wildman–Crippen LogP) is -0.442. The van der Waals surface area contributed by atoms with Gasteiger partial charge in [0.15, 0.2) is 5.03 Å². The molecule has 17 heavy (non-hydrogen) atoms. The van der Waals surface area contributed by atoms with Crippen LogP contribution in [-0.2, 0) is 10.0 Å². The Kier molecular flexibility index (Phi) is 2.49. The molecule has 3 heterocycles. The Labute approximate surface area is 100 Å². The second-order valence-electron chi connectivity index (χ2n) is 4.83. The van der Waals surface area contributed by atoms with Gasteiger partial charge in [-0.2, -0.15) is 4.31 Å². The molecule has 3 rings (SSSR count). The van der Waals surface area contributed by atoms with Gasteiger partial charge in [0.1, 0.15) is 5.82 Å². The summed E-state index contributed by atoms with van der Waals surface area (Å²) in [6, 6.07) is 0. The SMILES string of the molecule is Cc1ncc(S(=O)(=O)N2C[C@H]3CNC[C@H]3C2)[nH]1. The van der Waals surface area contributed by atoms with Gasteiger partial charge in [-0.1, -0.05) is 0 Å². The number of aryl methyl sites for hydroxylation is 1. The van der Waals surface area contributed by atoms with Crippen LogP contribution in [0.1, 0.15) is 5.82 Å². The number of rotatable bonds is 2. The van der Waals surface area contributed by atoms with E-state index in [9.17, 15) is 8.42 Å². The Morgan fingerprint density at radius 2 is 2.00 bits per heavy atom. The smallest absolute Gasteiger partial charge is 0.260 e. The third kappa shape index (κ3) is 1.78. The molecule has 6 nitrogen and oxygen atoms in total. The molecule has 0 amide bonds. The second-order valence-corrected chi connectivity index (χ2v) is 6.74. The van der Waals surface area contributed by atoms with Crippen molar-refractivity contribution in [2.24, 2.45) is 11.8 Å². The average molecular weight is 256 g/mol. The Hall–Kier alpha value is -0.920. The zero-order chi connectivity index (χ0) is 12.0. The minimum absolute atomic E-state index is 0.211. The molecule has 2 atom stereocenters. The first-order valence-electron chi connectivity index (χ1n) is 5.80. The first-order valence-corrected chi connectivity index (χ1v) is 7.24. The van der Waals surface area contributed by atoms with E-state index in [2.05, 4.69) is 15.3 Å². The first kappa shape index (κ1) is 11.2. The topological polar surface area (TPSA) is 78.1 Å². The lowest BCUT2D eigenvalue weighted by molar-refractivity contribution is 0.446. The fourth-order valence-corrected chi connectivity index (χ4v) is 4.19. The highest BCUT2D eigenvalue weighted by Gasteiger charge is 2.41. The van der Waals surface area contributed by atoms with Crippen molar-refractivity contribution in [3.8, 4) is 0 Å². The number of aromatic amines is 1. The molecule has 0 aliphatic carbocycles. The molecular formula is C10H16N4O2S. The lowest BCUT2D eigenvalue weighted by Gasteiger charge is -2.15. The number of H-pyrrole nitrogens is 1. The molecule has 0 spiro atoms. The maximum absolute atomic E-state index is 12.3. The van der Waals surface area contributed by atoms with E-state index in [1.165, 1.54) is 6.20 Å². The van der Waals surface area contributed by atoms with Gasteiger partial charge in [-0.05, 0) is 31.8 Å². The van der Waals surface area contributed by atoms with E-state index in [-0.39, 0.29) is 5.03 Å². The molecule has 0 bridgehead atoms. The summed E-state index contributed by atoms with van der Waals surface area (Å²) < 4.78 is 26.2. The largest absolute Gasteiger partial charge is 0.332 e. The van der Waals surface area contributed by atoms with Crippen LogP contribution < -0.4 is 5.32 Å². The highest BCUT2D eigenvalue weighted by Crippen LogP contribution is 2.30. The molecule has 1 aromatic rings. The predicted molar refractivity (Wildman–Crippen MR) is 61.9 cm³/mol. The Bertz CT molecular complexity index is 512. The standard InChI is InChI=1S/C10H16N4O2S/c1-7-12-4-10(13-7)17(15,16)14-5-8-2-11-3-9(8)6-14/h4,8-9,11H,2-3,5-6H2,1H3,(H,12,13)/t8-,9+. The van der Waals surface area contributed by atoms with E-state index < -0.39 is 10.0 Å². The summed E-state index contributed by atoms with van der Waals surface area (Å²) in [5.41, 5.74) is 0. The zero-order valence-electron chi connectivity index (χ0n) is 9.68. The van der Waals surface area contributed by atoms with Crippen molar-refractivity contribution in [2.75, 3.05) is 26.2 Å². The maximum atomic E-state index is 12.3. The Morgan fingerprint density at radius 1 is 1.35 bits per heavy atom. The van der Waals surface area contributed by atoms with Gasteiger partial charge < -0.3 is 10.3 Å². The van der Waals surface area contributed by atoms with E-state index in [0.717, 1.165) is 13.1 Å². The number of nitrogens with zero attached hydrogens (tertiary/aromatic N) is 2. The summed E-state index contributed by atoms with van der Waals surface area (Å²) in [6.07, 6.45) is 1.40. The van der Waals surface area contributed by atoms with E-state index in [4.69, 9.17) is 0 Å². The first-order chi connectivity index (χ1) is 8.07. The van der Waals surface area contributed by atoms with Gasteiger partial charge in [-0.25, -0.2) is 13.4 Å².